The molecule has 5 aliphatic rings. The van der Waals surface area contributed by atoms with E-state index in [0.717, 1.165) is 58.5 Å². The van der Waals surface area contributed by atoms with Crippen molar-refractivity contribution in [3.05, 3.63) is 41.5 Å². The number of aromatic hydroxyl groups is 1. The van der Waals surface area contributed by atoms with Crippen molar-refractivity contribution in [1.29, 1.82) is 0 Å². The molecule has 4 fully saturated rings. The van der Waals surface area contributed by atoms with Gasteiger partial charge in [-0.1, -0.05) is 53.5 Å². The molecule has 57 heavy (non-hydrogen) atoms. The molecule has 6 heterocycles. The van der Waals surface area contributed by atoms with Gasteiger partial charge in [0.2, 0.25) is 5.88 Å². The van der Waals surface area contributed by atoms with Gasteiger partial charge in [-0.15, -0.1) is 5.54 Å². The molecule has 2 aromatic heterocycles. The van der Waals surface area contributed by atoms with Gasteiger partial charge in [0.15, 0.2) is 5.82 Å². The minimum absolute atomic E-state index is 0.0141. The summed E-state index contributed by atoms with van der Waals surface area (Å²) in [5, 5.41) is 16.1. The molecule has 1 saturated carbocycles. The molecule has 302 valence electrons. The molecule has 0 radical (unpaired) electrons. The number of pyridine rings is 1. The van der Waals surface area contributed by atoms with Crippen LogP contribution in [0.1, 0.15) is 72.8 Å². The molecule has 0 amide bonds. The van der Waals surface area contributed by atoms with Crippen LogP contribution in [0.15, 0.2) is 24.3 Å². The van der Waals surface area contributed by atoms with Crippen molar-refractivity contribution in [3.63, 3.8) is 0 Å². The van der Waals surface area contributed by atoms with Gasteiger partial charge in [-0.2, -0.15) is 9.97 Å². The van der Waals surface area contributed by atoms with Crippen LogP contribution in [-0.2, 0) is 4.74 Å². The van der Waals surface area contributed by atoms with Crippen LogP contribution in [0.5, 0.6) is 17.6 Å². The Labute approximate surface area is 334 Å². The fourth-order valence-corrected chi connectivity index (χ4v) is 15.7. The smallest absolute Gasteiger partial charge is 0.319 e. The monoisotopic (exact) mass is 796 g/mol. The van der Waals surface area contributed by atoms with Crippen LogP contribution in [0.25, 0.3) is 32.9 Å². The number of anilines is 1. The fourth-order valence-electron chi connectivity index (χ4n) is 10.5. The van der Waals surface area contributed by atoms with Gasteiger partial charge < -0.3 is 29.5 Å². The molecule has 4 aliphatic heterocycles. The lowest BCUT2D eigenvalue weighted by atomic mass is 9.95. The lowest BCUT2D eigenvalue weighted by Gasteiger charge is -2.40. The van der Waals surface area contributed by atoms with Gasteiger partial charge in [0.1, 0.15) is 48.7 Å². The molecule has 0 spiro atoms. The van der Waals surface area contributed by atoms with Crippen LogP contribution in [0.2, 0.25) is 16.6 Å². The summed E-state index contributed by atoms with van der Waals surface area (Å²) in [6.07, 6.45) is 4.12. The summed E-state index contributed by atoms with van der Waals surface area (Å²) in [6.45, 7) is 18.8. The molecule has 3 saturated heterocycles. The van der Waals surface area contributed by atoms with Crippen molar-refractivity contribution >= 4 is 35.6 Å². The van der Waals surface area contributed by atoms with E-state index < -0.39 is 19.7 Å². The highest BCUT2D eigenvalue weighted by molar-refractivity contribution is 6.90. The molecule has 4 aromatic rings. The Kier molecular flexibility index (Phi) is 9.86. The Bertz CT molecular complexity index is 2260. The van der Waals surface area contributed by atoms with E-state index in [1.807, 2.05) is 0 Å². The third-order valence-corrected chi connectivity index (χ3v) is 19.9. The first-order valence-electron chi connectivity index (χ1n) is 20.9. The summed E-state index contributed by atoms with van der Waals surface area (Å²) < 4.78 is 52.4. The molecule has 2 bridgehead atoms. The predicted octanol–water partition coefficient (Wildman–Crippen LogP) is 7.59. The molecular formula is C44H54F2N6O4Si. The summed E-state index contributed by atoms with van der Waals surface area (Å²) in [5.74, 6) is 2.73. The van der Waals surface area contributed by atoms with Crippen LogP contribution in [0, 0.1) is 28.5 Å². The number of hydrogen-bond acceptors (Lipinski definition) is 10. The van der Waals surface area contributed by atoms with Gasteiger partial charge in [0.05, 0.1) is 31.4 Å². The van der Waals surface area contributed by atoms with Crippen molar-refractivity contribution in [1.82, 2.24) is 25.2 Å². The van der Waals surface area contributed by atoms with Gasteiger partial charge >= 0.3 is 6.01 Å². The number of piperazine rings is 1. The van der Waals surface area contributed by atoms with Crippen molar-refractivity contribution in [2.75, 3.05) is 57.5 Å². The van der Waals surface area contributed by atoms with Gasteiger partial charge in [-0.25, -0.2) is 13.8 Å². The maximum absolute atomic E-state index is 17.6. The number of rotatable bonds is 9. The topological polar surface area (TPSA) is 105 Å². The van der Waals surface area contributed by atoms with Crippen LogP contribution in [0.3, 0.4) is 0 Å². The van der Waals surface area contributed by atoms with Gasteiger partial charge in [0, 0.05) is 54.6 Å². The molecule has 2 N–H and O–H groups in total. The van der Waals surface area contributed by atoms with E-state index in [2.05, 4.69) is 68.1 Å². The zero-order valence-electron chi connectivity index (χ0n) is 33.9. The summed E-state index contributed by atoms with van der Waals surface area (Å²) in [4.78, 5) is 19.3. The first-order chi connectivity index (χ1) is 27.4. The largest absolute Gasteiger partial charge is 0.508 e. The summed E-state index contributed by atoms with van der Waals surface area (Å²) in [6, 6.07) is 6.47. The Morgan fingerprint density at radius 2 is 1.75 bits per heavy atom. The molecule has 0 unspecified atom stereocenters. The third kappa shape index (κ3) is 6.70. The summed E-state index contributed by atoms with van der Waals surface area (Å²) in [7, 11) is -2.29. The first-order valence-corrected chi connectivity index (χ1v) is 23.1. The van der Waals surface area contributed by atoms with Gasteiger partial charge in [0.25, 0.3) is 0 Å². The Morgan fingerprint density at radius 1 is 1.00 bits per heavy atom. The van der Waals surface area contributed by atoms with Gasteiger partial charge in [-0.3, -0.25) is 4.90 Å². The number of nitrogens with one attached hydrogen (secondary N) is 1. The number of morpholine rings is 1. The van der Waals surface area contributed by atoms with Crippen molar-refractivity contribution < 1.29 is 28.1 Å². The lowest BCUT2D eigenvalue weighted by molar-refractivity contribution is 0.0231. The predicted molar refractivity (Wildman–Crippen MR) is 221 cm³/mol. The second kappa shape index (κ2) is 14.6. The molecule has 9 rings (SSSR count). The standard InChI is InChI=1S/C44H54F2N6O4Si/c1-25(2)57(26(3)4,27(5)6)18-11-31-33(45)9-7-28-19-30(53)20-32(36(28)31)39-38(46)40-37-41(52-21-29-8-10-34(47-29)35(52)22-55-42(37)48-39)50-43(49-40)56-24-44(12-13-44)23-51-14-16-54-17-15-51/h7,9,19-20,25-27,29,34-35,47,53H,8,10,12-17,21-24H2,1-6H3/t29-,34+,35-/m1/s1. The normalized spacial score (nSPS) is 22.8. The van der Waals surface area contributed by atoms with E-state index in [9.17, 15) is 5.11 Å². The molecular weight excluding hydrogens is 743 g/mol. The SMILES string of the molecule is CC(C)[Si](C#Cc1c(F)ccc2cc(O)cc(-c3nc4c5c(nc(OCC6(CN7CCOCC7)CC6)nc5c3F)N3C[C@H]5CC[C@H](N5)[C@H]3CO4)c12)(C(C)C)C(C)C. The number of ether oxygens (including phenoxy) is 3. The van der Waals surface area contributed by atoms with Crippen LogP contribution in [-0.4, -0.2) is 104 Å². The number of aromatic nitrogens is 3. The fraction of sp³-hybridized carbons (Fsp3) is 0.568. The maximum atomic E-state index is 17.6. The van der Waals surface area contributed by atoms with E-state index in [1.165, 1.54) is 12.1 Å². The third-order valence-electron chi connectivity index (χ3n) is 13.6. The minimum atomic E-state index is -2.29. The van der Waals surface area contributed by atoms with E-state index in [0.29, 0.717) is 58.4 Å². The summed E-state index contributed by atoms with van der Waals surface area (Å²) in [5.41, 5.74) is 4.91. The van der Waals surface area contributed by atoms with Crippen LogP contribution < -0.4 is 19.7 Å². The Hall–Kier alpha value is -4.09. The van der Waals surface area contributed by atoms with E-state index in [4.69, 9.17) is 29.2 Å². The average Bonchev–Trinajstić information content (AvgIpc) is 3.87. The zero-order valence-corrected chi connectivity index (χ0v) is 34.9. The number of phenols is 1. The van der Waals surface area contributed by atoms with Crippen LogP contribution in [0.4, 0.5) is 14.6 Å². The summed E-state index contributed by atoms with van der Waals surface area (Å²) >= 11 is 0. The van der Waals surface area contributed by atoms with E-state index in [1.54, 1.807) is 12.1 Å². The molecule has 2 aromatic carbocycles. The number of benzene rings is 2. The van der Waals surface area contributed by atoms with Crippen molar-refractivity contribution in [3.8, 4) is 40.4 Å². The maximum Gasteiger partial charge on any atom is 0.319 e. The lowest BCUT2D eigenvalue weighted by Crippen LogP contribution is -2.60. The highest BCUT2D eigenvalue weighted by Crippen LogP contribution is 2.48. The van der Waals surface area contributed by atoms with E-state index >= 15 is 8.78 Å². The number of fused-ring (bicyclic) bond motifs is 6. The Morgan fingerprint density at radius 3 is 2.47 bits per heavy atom. The minimum Gasteiger partial charge on any atom is -0.508 e. The molecule has 13 heteroatoms. The first kappa shape index (κ1) is 38.4. The Balaban J connectivity index is 1.21. The quantitative estimate of drug-likeness (QED) is 0.130. The van der Waals surface area contributed by atoms with Crippen molar-refractivity contribution in [2.45, 2.75) is 102 Å². The van der Waals surface area contributed by atoms with Gasteiger partial charge in [-0.05, 0) is 65.9 Å². The second-order valence-electron chi connectivity index (χ2n) is 18.0. The highest BCUT2D eigenvalue weighted by Gasteiger charge is 2.47. The highest BCUT2D eigenvalue weighted by atomic mass is 28.3. The average molecular weight is 797 g/mol. The number of hydrogen-bond donors (Lipinski definition) is 2. The van der Waals surface area contributed by atoms with Crippen LogP contribution >= 0.6 is 0 Å². The number of phenolic OH excluding ortho intramolecular Hbond substituents is 1. The second-order valence-corrected chi connectivity index (χ2v) is 23.6. The number of nitrogens with zero attached hydrogens (tertiary/aromatic N) is 5. The number of halogens is 2. The van der Waals surface area contributed by atoms with Crippen molar-refractivity contribution in [2.24, 2.45) is 5.41 Å². The molecule has 10 nitrogen and oxygen atoms in total. The molecule has 3 atom stereocenters. The zero-order chi connectivity index (χ0) is 39.8. The molecule has 1 aliphatic carbocycles. The van der Waals surface area contributed by atoms with E-state index in [-0.39, 0.29) is 63.5 Å².